The standard InChI is InChI=1S/C17H23N3O2/c1-5-15(21)18-17-14(9-11(2)3)19-20-16(17)12-7-6-8-13(10-12)22-4/h6-8,10-11H,5,9H2,1-4H3,(H,18,21)(H,19,20). The molecule has 0 saturated heterocycles. The highest BCUT2D eigenvalue weighted by Crippen LogP contribution is 2.32. The molecule has 0 atom stereocenters. The largest absolute Gasteiger partial charge is 0.497 e. The van der Waals surface area contributed by atoms with Gasteiger partial charge < -0.3 is 10.1 Å². The van der Waals surface area contributed by atoms with Gasteiger partial charge in [-0.25, -0.2) is 0 Å². The number of aromatic amines is 1. The number of benzene rings is 1. The van der Waals surface area contributed by atoms with Crippen molar-refractivity contribution in [1.29, 1.82) is 0 Å². The monoisotopic (exact) mass is 301 g/mol. The van der Waals surface area contributed by atoms with Gasteiger partial charge in [-0.15, -0.1) is 0 Å². The van der Waals surface area contributed by atoms with Gasteiger partial charge in [-0.05, 0) is 24.5 Å². The molecule has 2 aromatic rings. The van der Waals surface area contributed by atoms with Crippen molar-refractivity contribution in [3.63, 3.8) is 0 Å². The van der Waals surface area contributed by atoms with Gasteiger partial charge >= 0.3 is 0 Å². The van der Waals surface area contributed by atoms with E-state index in [2.05, 4.69) is 29.4 Å². The minimum absolute atomic E-state index is 0.0180. The first-order valence-electron chi connectivity index (χ1n) is 7.56. The first-order valence-corrected chi connectivity index (χ1v) is 7.56. The highest BCUT2D eigenvalue weighted by molar-refractivity contribution is 5.95. The number of H-pyrrole nitrogens is 1. The van der Waals surface area contributed by atoms with Crippen LogP contribution in [0.25, 0.3) is 11.3 Å². The second-order valence-electron chi connectivity index (χ2n) is 5.66. The average Bonchev–Trinajstić information content (AvgIpc) is 2.89. The van der Waals surface area contributed by atoms with Gasteiger partial charge in [0.25, 0.3) is 0 Å². The molecule has 5 heteroatoms. The highest BCUT2D eigenvalue weighted by atomic mass is 16.5. The average molecular weight is 301 g/mol. The van der Waals surface area contributed by atoms with Crippen LogP contribution in [0.3, 0.4) is 0 Å². The second kappa shape index (κ2) is 7.11. The van der Waals surface area contributed by atoms with E-state index in [1.165, 1.54) is 0 Å². The summed E-state index contributed by atoms with van der Waals surface area (Å²) in [5, 5.41) is 10.4. The Kier molecular flexibility index (Phi) is 5.20. The summed E-state index contributed by atoms with van der Waals surface area (Å²) in [7, 11) is 1.63. The van der Waals surface area contributed by atoms with E-state index in [4.69, 9.17) is 4.74 Å². The molecule has 0 radical (unpaired) electrons. The summed E-state index contributed by atoms with van der Waals surface area (Å²) >= 11 is 0. The fourth-order valence-corrected chi connectivity index (χ4v) is 2.28. The number of carbonyl (C=O) groups excluding carboxylic acids is 1. The van der Waals surface area contributed by atoms with Crippen molar-refractivity contribution in [2.75, 3.05) is 12.4 Å². The van der Waals surface area contributed by atoms with Gasteiger partial charge in [-0.2, -0.15) is 5.10 Å². The van der Waals surface area contributed by atoms with E-state index in [1.54, 1.807) is 7.11 Å². The molecule has 5 nitrogen and oxygen atoms in total. The predicted molar refractivity (Wildman–Crippen MR) is 88.0 cm³/mol. The summed E-state index contributed by atoms with van der Waals surface area (Å²) < 4.78 is 5.26. The van der Waals surface area contributed by atoms with E-state index in [1.807, 2.05) is 31.2 Å². The number of methoxy groups -OCH3 is 1. The van der Waals surface area contributed by atoms with E-state index in [9.17, 15) is 4.79 Å². The Bertz CT molecular complexity index is 647. The molecule has 0 unspecified atom stereocenters. The van der Waals surface area contributed by atoms with Crippen LogP contribution in [-0.4, -0.2) is 23.2 Å². The predicted octanol–water partition coefficient (Wildman–Crippen LogP) is 3.63. The van der Waals surface area contributed by atoms with Crippen LogP contribution in [0.4, 0.5) is 5.69 Å². The number of carbonyl (C=O) groups is 1. The lowest BCUT2D eigenvalue weighted by Gasteiger charge is -2.10. The molecule has 0 saturated carbocycles. The Morgan fingerprint density at radius 1 is 1.41 bits per heavy atom. The normalized spacial score (nSPS) is 10.8. The van der Waals surface area contributed by atoms with Crippen LogP contribution in [0.2, 0.25) is 0 Å². The van der Waals surface area contributed by atoms with Crippen molar-refractivity contribution < 1.29 is 9.53 Å². The highest BCUT2D eigenvalue weighted by Gasteiger charge is 2.17. The molecule has 1 heterocycles. The van der Waals surface area contributed by atoms with Gasteiger partial charge in [0, 0.05) is 12.0 Å². The number of aromatic nitrogens is 2. The minimum Gasteiger partial charge on any atom is -0.497 e. The number of nitrogens with one attached hydrogen (secondary N) is 2. The van der Waals surface area contributed by atoms with Gasteiger partial charge in [-0.1, -0.05) is 32.9 Å². The summed E-state index contributed by atoms with van der Waals surface area (Å²) in [4.78, 5) is 11.8. The Hall–Kier alpha value is -2.30. The zero-order chi connectivity index (χ0) is 16.1. The van der Waals surface area contributed by atoms with Crippen LogP contribution in [0.15, 0.2) is 24.3 Å². The van der Waals surface area contributed by atoms with Crippen LogP contribution < -0.4 is 10.1 Å². The van der Waals surface area contributed by atoms with Gasteiger partial charge in [0.15, 0.2) is 0 Å². The van der Waals surface area contributed by atoms with Crippen molar-refractivity contribution in [3.05, 3.63) is 30.0 Å². The van der Waals surface area contributed by atoms with Crippen molar-refractivity contribution in [2.45, 2.75) is 33.6 Å². The van der Waals surface area contributed by atoms with Crippen molar-refractivity contribution in [1.82, 2.24) is 10.2 Å². The molecule has 1 amide bonds. The number of hydrogen-bond acceptors (Lipinski definition) is 3. The Morgan fingerprint density at radius 2 is 2.18 bits per heavy atom. The summed E-state index contributed by atoms with van der Waals surface area (Å²) in [5.74, 6) is 1.21. The molecule has 118 valence electrons. The molecule has 2 rings (SSSR count). The molecule has 1 aromatic carbocycles. The van der Waals surface area contributed by atoms with Gasteiger partial charge in [0.1, 0.15) is 11.4 Å². The number of hydrogen-bond donors (Lipinski definition) is 2. The molecule has 0 aliphatic rings. The van der Waals surface area contributed by atoms with Crippen molar-refractivity contribution >= 4 is 11.6 Å². The van der Waals surface area contributed by atoms with Crippen LogP contribution in [0.1, 0.15) is 32.9 Å². The lowest BCUT2D eigenvalue weighted by Crippen LogP contribution is -2.12. The molecule has 0 bridgehead atoms. The Morgan fingerprint density at radius 3 is 2.82 bits per heavy atom. The van der Waals surface area contributed by atoms with Gasteiger partial charge in [0.05, 0.1) is 18.5 Å². The van der Waals surface area contributed by atoms with E-state index in [0.29, 0.717) is 12.3 Å². The smallest absolute Gasteiger partial charge is 0.224 e. The van der Waals surface area contributed by atoms with Gasteiger partial charge in [-0.3, -0.25) is 9.89 Å². The number of ether oxygens (including phenoxy) is 1. The number of anilines is 1. The Labute approximate surface area is 131 Å². The first kappa shape index (κ1) is 16.1. The maximum Gasteiger partial charge on any atom is 0.224 e. The molecule has 22 heavy (non-hydrogen) atoms. The van der Waals surface area contributed by atoms with Crippen molar-refractivity contribution in [2.24, 2.45) is 5.92 Å². The third kappa shape index (κ3) is 3.67. The molecule has 0 aliphatic carbocycles. The van der Waals surface area contributed by atoms with Crippen LogP contribution >= 0.6 is 0 Å². The Balaban J connectivity index is 2.45. The SMILES string of the molecule is CCC(=O)Nc1c(-c2cccc(OC)c2)n[nH]c1CC(C)C. The maximum absolute atomic E-state index is 11.8. The molecule has 0 spiro atoms. The molecular formula is C17H23N3O2. The quantitative estimate of drug-likeness (QED) is 0.856. The van der Waals surface area contributed by atoms with Crippen molar-refractivity contribution in [3.8, 4) is 17.0 Å². The second-order valence-corrected chi connectivity index (χ2v) is 5.66. The lowest BCUT2D eigenvalue weighted by molar-refractivity contribution is -0.115. The third-order valence-corrected chi connectivity index (χ3v) is 3.38. The summed E-state index contributed by atoms with van der Waals surface area (Å²) in [6.07, 6.45) is 1.26. The summed E-state index contributed by atoms with van der Waals surface area (Å²) in [5.41, 5.74) is 3.39. The zero-order valence-corrected chi connectivity index (χ0v) is 13.6. The van der Waals surface area contributed by atoms with Crippen LogP contribution in [0.5, 0.6) is 5.75 Å². The molecule has 1 aromatic heterocycles. The fourth-order valence-electron chi connectivity index (χ4n) is 2.28. The van der Waals surface area contributed by atoms with Gasteiger partial charge in [0.2, 0.25) is 5.91 Å². The topological polar surface area (TPSA) is 67.0 Å². The van der Waals surface area contributed by atoms with E-state index in [0.717, 1.165) is 34.8 Å². The van der Waals surface area contributed by atoms with Crippen LogP contribution in [0, 0.1) is 5.92 Å². The van der Waals surface area contributed by atoms with E-state index >= 15 is 0 Å². The summed E-state index contributed by atoms with van der Waals surface area (Å²) in [6.45, 7) is 6.11. The van der Waals surface area contributed by atoms with E-state index < -0.39 is 0 Å². The van der Waals surface area contributed by atoms with E-state index in [-0.39, 0.29) is 5.91 Å². The third-order valence-electron chi connectivity index (χ3n) is 3.38. The molecule has 0 fully saturated rings. The number of nitrogens with zero attached hydrogens (tertiary/aromatic N) is 1. The number of rotatable bonds is 6. The fraction of sp³-hybridized carbons (Fsp3) is 0.412. The molecular weight excluding hydrogens is 278 g/mol. The minimum atomic E-state index is -0.0180. The maximum atomic E-state index is 11.8. The lowest BCUT2D eigenvalue weighted by atomic mass is 10.0. The number of amides is 1. The van der Waals surface area contributed by atoms with Crippen LogP contribution in [-0.2, 0) is 11.2 Å². The molecule has 0 aliphatic heterocycles. The zero-order valence-electron chi connectivity index (χ0n) is 13.6. The first-order chi connectivity index (χ1) is 10.5. The molecule has 2 N–H and O–H groups in total. The summed E-state index contributed by atoms with van der Waals surface area (Å²) in [6, 6.07) is 7.67.